The summed E-state index contributed by atoms with van der Waals surface area (Å²) in [7, 11) is 0.384. The SMILES string of the molecule is O=BOc1ccncc1. The van der Waals surface area contributed by atoms with Gasteiger partial charge in [0.05, 0.1) is 0 Å². The van der Waals surface area contributed by atoms with Gasteiger partial charge in [-0.2, -0.15) is 0 Å². The van der Waals surface area contributed by atoms with E-state index in [-0.39, 0.29) is 0 Å². The molecule has 9 heavy (non-hydrogen) atoms. The van der Waals surface area contributed by atoms with Gasteiger partial charge in [0.2, 0.25) is 0 Å². The number of rotatable bonds is 2. The van der Waals surface area contributed by atoms with Crippen molar-refractivity contribution in [1.82, 2.24) is 4.98 Å². The summed E-state index contributed by atoms with van der Waals surface area (Å²) in [5.41, 5.74) is 0. The van der Waals surface area contributed by atoms with Crippen molar-refractivity contribution in [2.24, 2.45) is 0 Å². The molecule has 44 valence electrons. The normalized spacial score (nSPS) is 8.00. The molecule has 0 saturated heterocycles. The van der Waals surface area contributed by atoms with Gasteiger partial charge in [0.1, 0.15) is 0 Å². The van der Waals surface area contributed by atoms with E-state index in [2.05, 4.69) is 9.64 Å². The van der Waals surface area contributed by atoms with Crippen molar-refractivity contribution < 1.29 is 9.36 Å². The third-order valence-electron chi connectivity index (χ3n) is 0.834. The van der Waals surface area contributed by atoms with E-state index in [9.17, 15) is 4.70 Å². The first-order valence-electron chi connectivity index (χ1n) is 2.44. The number of hydrogen-bond acceptors (Lipinski definition) is 3. The van der Waals surface area contributed by atoms with Crippen molar-refractivity contribution in [3.63, 3.8) is 0 Å². The molecule has 3 nitrogen and oxygen atoms in total. The van der Waals surface area contributed by atoms with Crippen LogP contribution in [0.25, 0.3) is 0 Å². The molecule has 0 aliphatic heterocycles. The third kappa shape index (κ3) is 1.64. The molecule has 0 aromatic carbocycles. The predicted molar refractivity (Wildman–Crippen MR) is 31.3 cm³/mol. The topological polar surface area (TPSA) is 39.2 Å². The fourth-order valence-electron chi connectivity index (χ4n) is 0.472. The summed E-state index contributed by atoms with van der Waals surface area (Å²) in [4.78, 5) is 3.73. The van der Waals surface area contributed by atoms with Gasteiger partial charge in [0.15, 0.2) is 0 Å². The monoisotopic (exact) mass is 121 g/mol. The fourth-order valence-corrected chi connectivity index (χ4v) is 0.472. The first-order chi connectivity index (χ1) is 4.43. The third-order valence-corrected chi connectivity index (χ3v) is 0.834. The number of aromatic nitrogens is 1. The molecule has 0 amide bonds. The van der Waals surface area contributed by atoms with Crippen LogP contribution in [0.3, 0.4) is 0 Å². The Balaban J connectivity index is 2.72. The van der Waals surface area contributed by atoms with Crippen LogP contribution in [-0.4, -0.2) is 12.3 Å². The second kappa shape index (κ2) is 2.97. The zero-order valence-corrected chi connectivity index (χ0v) is 4.65. The molecule has 1 aromatic rings. The van der Waals surface area contributed by atoms with Crippen molar-refractivity contribution in [1.29, 1.82) is 0 Å². The van der Waals surface area contributed by atoms with E-state index >= 15 is 0 Å². The molecule has 0 spiro atoms. The quantitative estimate of drug-likeness (QED) is 0.532. The summed E-state index contributed by atoms with van der Waals surface area (Å²) in [6.07, 6.45) is 3.11. The van der Waals surface area contributed by atoms with E-state index in [1.807, 2.05) is 0 Å². The van der Waals surface area contributed by atoms with Crippen LogP contribution < -0.4 is 4.65 Å². The average molecular weight is 121 g/mol. The van der Waals surface area contributed by atoms with E-state index in [4.69, 9.17) is 0 Å². The standard InChI is InChI=1S/C5H4BNO2/c8-6-9-5-1-3-7-4-2-5/h1-4H. The van der Waals surface area contributed by atoms with E-state index in [1.165, 1.54) is 0 Å². The van der Waals surface area contributed by atoms with Crippen LogP contribution in [0.2, 0.25) is 0 Å². The first kappa shape index (κ1) is 5.94. The van der Waals surface area contributed by atoms with Gasteiger partial charge in [-0.15, -0.1) is 0 Å². The molecule has 1 aromatic heterocycles. The molecule has 0 aliphatic carbocycles. The first-order valence-corrected chi connectivity index (χ1v) is 2.44. The van der Waals surface area contributed by atoms with Gasteiger partial charge < -0.3 is 0 Å². The zero-order valence-electron chi connectivity index (χ0n) is 4.65. The summed E-state index contributed by atoms with van der Waals surface area (Å²) >= 11 is 0. The number of pyridine rings is 1. The molecule has 0 N–H and O–H groups in total. The van der Waals surface area contributed by atoms with Gasteiger partial charge in [0.25, 0.3) is 0 Å². The fraction of sp³-hybridized carbons (Fsp3) is 0. The Labute approximate surface area is 53.0 Å². The number of nitrogens with zero attached hydrogens (tertiary/aromatic N) is 1. The molecule has 1 heterocycles. The predicted octanol–water partition coefficient (Wildman–Crippen LogP) is 0.425. The Morgan fingerprint density at radius 2 is 2.11 bits per heavy atom. The van der Waals surface area contributed by atoms with Crippen molar-refractivity contribution in [3.8, 4) is 5.75 Å². The van der Waals surface area contributed by atoms with E-state index < -0.39 is 0 Å². The van der Waals surface area contributed by atoms with Crippen molar-refractivity contribution in [2.45, 2.75) is 0 Å². The summed E-state index contributed by atoms with van der Waals surface area (Å²) in [5, 5.41) is 0. The minimum atomic E-state index is 0.384. The van der Waals surface area contributed by atoms with E-state index in [0.717, 1.165) is 0 Å². The van der Waals surface area contributed by atoms with Crippen molar-refractivity contribution in [2.75, 3.05) is 0 Å². The zero-order chi connectivity index (χ0) is 6.53. The summed E-state index contributed by atoms with van der Waals surface area (Å²) < 4.78 is 14.2. The van der Waals surface area contributed by atoms with E-state index in [0.29, 0.717) is 13.1 Å². The Bertz CT molecular complexity index is 189. The minimum absolute atomic E-state index is 0.384. The van der Waals surface area contributed by atoms with Gasteiger partial charge >= 0.3 is 52.0 Å². The van der Waals surface area contributed by atoms with Crippen LogP contribution in [-0.2, 0) is 4.70 Å². The van der Waals surface area contributed by atoms with Gasteiger partial charge in [-0.1, -0.05) is 0 Å². The Kier molecular flexibility index (Phi) is 1.96. The van der Waals surface area contributed by atoms with Crippen LogP contribution in [0.1, 0.15) is 0 Å². The molecule has 0 bridgehead atoms. The average Bonchev–Trinajstić information content (AvgIpc) is 1.91. The second-order valence-corrected chi connectivity index (χ2v) is 1.40. The Morgan fingerprint density at radius 1 is 1.44 bits per heavy atom. The maximum atomic E-state index is 9.73. The van der Waals surface area contributed by atoms with Crippen LogP contribution in [0, 0.1) is 0 Å². The van der Waals surface area contributed by atoms with Crippen molar-refractivity contribution in [3.05, 3.63) is 24.5 Å². The molecule has 0 saturated carbocycles. The molecule has 1 rings (SSSR count). The molecule has 0 fully saturated rings. The van der Waals surface area contributed by atoms with Crippen LogP contribution in [0.4, 0.5) is 0 Å². The van der Waals surface area contributed by atoms with Gasteiger partial charge in [-0.3, -0.25) is 0 Å². The Hall–Kier alpha value is -1.19. The summed E-state index contributed by atoms with van der Waals surface area (Å²) in [6.45, 7) is 0. The van der Waals surface area contributed by atoms with Crippen LogP contribution in [0.15, 0.2) is 24.5 Å². The van der Waals surface area contributed by atoms with Gasteiger partial charge in [-0.25, -0.2) is 0 Å². The maximum absolute atomic E-state index is 9.73. The summed E-state index contributed by atoms with van der Waals surface area (Å²) in [6, 6.07) is 3.21. The van der Waals surface area contributed by atoms with Gasteiger partial charge in [0, 0.05) is 0 Å². The van der Waals surface area contributed by atoms with Gasteiger partial charge in [-0.05, 0) is 0 Å². The van der Waals surface area contributed by atoms with Crippen LogP contribution in [0.5, 0.6) is 5.75 Å². The molecule has 4 heteroatoms. The second-order valence-electron chi connectivity index (χ2n) is 1.40. The van der Waals surface area contributed by atoms with Crippen LogP contribution >= 0.6 is 0 Å². The number of hydrogen-bond donors (Lipinski definition) is 0. The molecular weight excluding hydrogens is 117 g/mol. The molecule has 0 radical (unpaired) electrons. The molecule has 0 unspecified atom stereocenters. The molecule has 0 atom stereocenters. The molecule has 0 aliphatic rings. The van der Waals surface area contributed by atoms with Crippen molar-refractivity contribution >= 4 is 7.35 Å². The summed E-state index contributed by atoms with van der Waals surface area (Å²) in [5.74, 6) is 0.514. The molecular formula is C5H4BNO2. The Morgan fingerprint density at radius 3 is 2.67 bits per heavy atom. The van der Waals surface area contributed by atoms with E-state index in [1.54, 1.807) is 24.5 Å².